The van der Waals surface area contributed by atoms with Crippen molar-refractivity contribution >= 4 is 0 Å². The average Bonchev–Trinajstić information content (AvgIpc) is 2.05. The summed E-state index contributed by atoms with van der Waals surface area (Å²) < 4.78 is 5.07. The van der Waals surface area contributed by atoms with Gasteiger partial charge >= 0.3 is 0 Å². The molecule has 0 bridgehead atoms. The SMILES string of the molecule is COC(C)CN(CCO)CCO. The molecule has 0 aromatic carbocycles. The van der Waals surface area contributed by atoms with E-state index in [4.69, 9.17) is 14.9 Å². The van der Waals surface area contributed by atoms with Gasteiger partial charge in [0.05, 0.1) is 19.3 Å². The summed E-state index contributed by atoms with van der Waals surface area (Å²) in [5.41, 5.74) is 0. The van der Waals surface area contributed by atoms with Crippen molar-refractivity contribution < 1.29 is 14.9 Å². The van der Waals surface area contributed by atoms with Gasteiger partial charge in [0.25, 0.3) is 0 Å². The maximum absolute atomic E-state index is 8.68. The predicted octanol–water partition coefficient (Wildman–Crippen LogP) is -0.692. The highest BCUT2D eigenvalue weighted by molar-refractivity contribution is 4.61. The summed E-state index contributed by atoms with van der Waals surface area (Å²) in [4.78, 5) is 1.97. The molecule has 0 fully saturated rings. The topological polar surface area (TPSA) is 52.9 Å². The molecule has 2 N–H and O–H groups in total. The maximum atomic E-state index is 8.68. The third kappa shape index (κ3) is 5.49. The molecule has 1 unspecified atom stereocenters. The van der Waals surface area contributed by atoms with E-state index in [1.54, 1.807) is 7.11 Å². The average molecular weight is 177 g/mol. The molecule has 0 aromatic heterocycles. The molecule has 0 radical (unpaired) electrons. The zero-order valence-corrected chi connectivity index (χ0v) is 7.86. The largest absolute Gasteiger partial charge is 0.395 e. The first-order valence-electron chi connectivity index (χ1n) is 4.21. The molecule has 0 saturated carbocycles. The van der Waals surface area contributed by atoms with Crippen molar-refractivity contribution in [1.29, 1.82) is 0 Å². The molecule has 12 heavy (non-hydrogen) atoms. The van der Waals surface area contributed by atoms with Crippen molar-refractivity contribution in [2.75, 3.05) is 40.0 Å². The third-order valence-electron chi connectivity index (χ3n) is 1.75. The lowest BCUT2D eigenvalue weighted by atomic mass is 10.3. The van der Waals surface area contributed by atoms with Crippen molar-refractivity contribution in [2.45, 2.75) is 13.0 Å². The van der Waals surface area contributed by atoms with Crippen LogP contribution in [0.15, 0.2) is 0 Å². The van der Waals surface area contributed by atoms with Crippen LogP contribution >= 0.6 is 0 Å². The first-order valence-corrected chi connectivity index (χ1v) is 4.21. The number of nitrogens with zero attached hydrogens (tertiary/aromatic N) is 1. The summed E-state index contributed by atoms with van der Waals surface area (Å²) in [7, 11) is 1.65. The molecule has 0 saturated heterocycles. The zero-order chi connectivity index (χ0) is 9.40. The number of ether oxygens (including phenoxy) is 1. The highest BCUT2D eigenvalue weighted by Crippen LogP contribution is 1.94. The van der Waals surface area contributed by atoms with Crippen molar-refractivity contribution in [1.82, 2.24) is 4.90 Å². The fourth-order valence-electron chi connectivity index (χ4n) is 1.02. The quantitative estimate of drug-likeness (QED) is 0.540. The lowest BCUT2D eigenvalue weighted by Crippen LogP contribution is -2.36. The summed E-state index contributed by atoms with van der Waals surface area (Å²) >= 11 is 0. The Labute approximate surface area is 73.8 Å². The molecular formula is C8H19NO3. The Morgan fingerprint density at radius 1 is 1.25 bits per heavy atom. The van der Waals surface area contributed by atoms with Gasteiger partial charge in [-0.1, -0.05) is 0 Å². The Kier molecular flexibility index (Phi) is 7.39. The highest BCUT2D eigenvalue weighted by atomic mass is 16.5. The second kappa shape index (κ2) is 7.49. The fourth-order valence-corrected chi connectivity index (χ4v) is 1.02. The second-order valence-electron chi connectivity index (χ2n) is 2.79. The molecule has 0 heterocycles. The van der Waals surface area contributed by atoms with E-state index in [1.807, 2.05) is 11.8 Å². The minimum absolute atomic E-state index is 0.121. The Hall–Kier alpha value is -0.160. The number of aliphatic hydroxyl groups is 2. The molecule has 1 atom stereocenters. The summed E-state index contributed by atoms with van der Waals surface area (Å²) in [6.45, 7) is 4.13. The van der Waals surface area contributed by atoms with Gasteiger partial charge < -0.3 is 14.9 Å². The number of rotatable bonds is 7. The molecule has 0 rings (SSSR count). The first-order chi connectivity index (χ1) is 5.74. The Bertz CT molecular complexity index is 94.3. The van der Waals surface area contributed by atoms with Gasteiger partial charge in [-0.15, -0.1) is 0 Å². The van der Waals surface area contributed by atoms with Crippen molar-refractivity contribution in [2.24, 2.45) is 0 Å². The van der Waals surface area contributed by atoms with Crippen LogP contribution in [0.25, 0.3) is 0 Å². The Morgan fingerprint density at radius 3 is 2.08 bits per heavy atom. The minimum Gasteiger partial charge on any atom is -0.395 e. The van der Waals surface area contributed by atoms with Gasteiger partial charge in [0.15, 0.2) is 0 Å². The van der Waals surface area contributed by atoms with Crippen LogP contribution in [0.3, 0.4) is 0 Å². The van der Waals surface area contributed by atoms with E-state index in [0.29, 0.717) is 13.1 Å². The molecule has 74 valence electrons. The molecule has 4 nitrogen and oxygen atoms in total. The number of aliphatic hydroxyl groups excluding tert-OH is 2. The number of methoxy groups -OCH3 is 1. The molecule has 0 spiro atoms. The smallest absolute Gasteiger partial charge is 0.0670 e. The second-order valence-corrected chi connectivity index (χ2v) is 2.79. The van der Waals surface area contributed by atoms with Gasteiger partial charge in [-0.25, -0.2) is 0 Å². The lowest BCUT2D eigenvalue weighted by molar-refractivity contribution is 0.0625. The van der Waals surface area contributed by atoms with Crippen LogP contribution in [0.4, 0.5) is 0 Å². The van der Waals surface area contributed by atoms with E-state index in [2.05, 4.69) is 0 Å². The summed E-state index contributed by atoms with van der Waals surface area (Å²) in [6, 6.07) is 0. The molecule has 0 aliphatic rings. The summed E-state index contributed by atoms with van der Waals surface area (Å²) in [6.07, 6.45) is 0.142. The summed E-state index contributed by atoms with van der Waals surface area (Å²) in [5, 5.41) is 17.4. The van der Waals surface area contributed by atoms with Crippen LogP contribution in [-0.4, -0.2) is 61.2 Å². The van der Waals surface area contributed by atoms with Crippen LogP contribution in [0.2, 0.25) is 0 Å². The van der Waals surface area contributed by atoms with Gasteiger partial charge in [-0.3, -0.25) is 4.90 Å². The van der Waals surface area contributed by atoms with Gasteiger partial charge in [-0.05, 0) is 6.92 Å². The normalized spacial score (nSPS) is 13.8. The van der Waals surface area contributed by atoms with E-state index in [9.17, 15) is 0 Å². The van der Waals surface area contributed by atoms with E-state index in [0.717, 1.165) is 6.54 Å². The summed E-state index contributed by atoms with van der Waals surface area (Å²) in [5.74, 6) is 0. The van der Waals surface area contributed by atoms with Gasteiger partial charge in [-0.2, -0.15) is 0 Å². The van der Waals surface area contributed by atoms with Gasteiger partial charge in [0.1, 0.15) is 0 Å². The highest BCUT2D eigenvalue weighted by Gasteiger charge is 2.07. The minimum atomic E-state index is 0.121. The zero-order valence-electron chi connectivity index (χ0n) is 7.86. The van der Waals surface area contributed by atoms with Crippen LogP contribution < -0.4 is 0 Å². The third-order valence-corrected chi connectivity index (χ3v) is 1.75. The van der Waals surface area contributed by atoms with E-state index in [-0.39, 0.29) is 19.3 Å². The maximum Gasteiger partial charge on any atom is 0.0670 e. The van der Waals surface area contributed by atoms with Gasteiger partial charge in [0.2, 0.25) is 0 Å². The van der Waals surface area contributed by atoms with Crippen LogP contribution in [0.5, 0.6) is 0 Å². The lowest BCUT2D eigenvalue weighted by Gasteiger charge is -2.23. The van der Waals surface area contributed by atoms with Crippen LogP contribution in [-0.2, 0) is 4.74 Å². The molecular weight excluding hydrogens is 158 g/mol. The number of hydrogen-bond donors (Lipinski definition) is 2. The van der Waals surface area contributed by atoms with E-state index in [1.165, 1.54) is 0 Å². The van der Waals surface area contributed by atoms with Crippen LogP contribution in [0, 0.1) is 0 Å². The fraction of sp³-hybridized carbons (Fsp3) is 1.00. The van der Waals surface area contributed by atoms with Crippen molar-refractivity contribution in [3.8, 4) is 0 Å². The van der Waals surface area contributed by atoms with Gasteiger partial charge in [0, 0.05) is 26.7 Å². The standard InChI is InChI=1S/C8H19NO3/c1-8(12-2)7-9(3-5-10)4-6-11/h8,10-11H,3-7H2,1-2H3. The van der Waals surface area contributed by atoms with Crippen LogP contribution in [0.1, 0.15) is 6.92 Å². The monoisotopic (exact) mass is 177 g/mol. The van der Waals surface area contributed by atoms with E-state index < -0.39 is 0 Å². The first kappa shape index (κ1) is 11.8. The Balaban J connectivity index is 3.61. The van der Waals surface area contributed by atoms with Crippen molar-refractivity contribution in [3.63, 3.8) is 0 Å². The number of hydrogen-bond acceptors (Lipinski definition) is 4. The molecule has 0 aromatic rings. The Morgan fingerprint density at radius 2 is 1.75 bits per heavy atom. The molecule has 4 heteroatoms. The molecule has 0 aliphatic carbocycles. The predicted molar refractivity (Wildman–Crippen MR) is 47.1 cm³/mol. The van der Waals surface area contributed by atoms with Crippen molar-refractivity contribution in [3.05, 3.63) is 0 Å². The molecule has 0 aliphatic heterocycles. The van der Waals surface area contributed by atoms with E-state index >= 15 is 0 Å². The molecule has 0 amide bonds.